The van der Waals surface area contributed by atoms with Crippen LogP contribution in [0.3, 0.4) is 0 Å². The van der Waals surface area contributed by atoms with Crippen molar-refractivity contribution in [1.29, 1.82) is 0 Å². The highest BCUT2D eigenvalue weighted by Crippen LogP contribution is 2.10. The molecule has 0 radical (unpaired) electrons. The third-order valence-electron chi connectivity index (χ3n) is 2.47. The van der Waals surface area contributed by atoms with E-state index in [-0.39, 0.29) is 12.6 Å². The average molecular weight is 293 g/mol. The number of urea groups is 1. The maximum atomic E-state index is 11.6. The molecule has 0 aromatic heterocycles. The number of ether oxygens (including phenoxy) is 1. The summed E-state index contributed by atoms with van der Waals surface area (Å²) in [6.45, 7) is 4.93. The van der Waals surface area contributed by atoms with Gasteiger partial charge in [0.05, 0.1) is 11.8 Å². The van der Waals surface area contributed by atoms with Crippen LogP contribution >= 0.6 is 0 Å². The molecular weight excluding hydrogens is 274 g/mol. The molecule has 1 rings (SSSR count). The molecule has 1 aromatic rings. The van der Waals surface area contributed by atoms with Crippen LogP contribution in [0, 0.1) is 0 Å². The van der Waals surface area contributed by atoms with Crippen LogP contribution in [-0.2, 0) is 9.53 Å². The zero-order chi connectivity index (χ0) is 15.8. The molecule has 1 aromatic carbocycles. The number of amides is 2. The third kappa shape index (κ3) is 5.94. The predicted octanol–water partition coefficient (Wildman–Crippen LogP) is 1.96. The summed E-state index contributed by atoms with van der Waals surface area (Å²) < 4.78 is 4.89. The molecule has 0 saturated heterocycles. The number of nitrogens with one attached hydrogen (secondary N) is 2. The first kappa shape index (κ1) is 16.5. The number of esters is 1. The van der Waals surface area contributed by atoms with Gasteiger partial charge in [-0.2, -0.15) is 0 Å². The number of carbonyl (C=O) groups excluding carboxylic acids is 2. The minimum Gasteiger partial charge on any atom is -0.462 e. The number of oxime groups is 1. The summed E-state index contributed by atoms with van der Waals surface area (Å²) in [6.07, 6.45) is -0.216. The Labute approximate surface area is 123 Å². The van der Waals surface area contributed by atoms with E-state index in [0.29, 0.717) is 11.4 Å². The first-order valence-corrected chi connectivity index (χ1v) is 6.45. The summed E-state index contributed by atoms with van der Waals surface area (Å²) in [5.74, 6) is -0.495. The highest BCUT2D eigenvalue weighted by Gasteiger charge is 2.08. The zero-order valence-electron chi connectivity index (χ0n) is 12.2. The predicted molar refractivity (Wildman–Crippen MR) is 78.7 cm³/mol. The van der Waals surface area contributed by atoms with Gasteiger partial charge in [0.2, 0.25) is 0 Å². The summed E-state index contributed by atoms with van der Waals surface area (Å²) in [7, 11) is 0. The van der Waals surface area contributed by atoms with Gasteiger partial charge in [-0.15, -0.1) is 0 Å². The van der Waals surface area contributed by atoms with Crippen LogP contribution in [-0.4, -0.2) is 35.6 Å². The SMILES string of the molecule is CC(=NO)c1ccc(NC(=O)NCC(=O)OC(C)C)cc1. The maximum absolute atomic E-state index is 11.6. The van der Waals surface area contributed by atoms with Gasteiger partial charge in [-0.1, -0.05) is 17.3 Å². The molecule has 0 heterocycles. The molecule has 3 N–H and O–H groups in total. The van der Waals surface area contributed by atoms with Gasteiger partial charge >= 0.3 is 12.0 Å². The van der Waals surface area contributed by atoms with E-state index in [2.05, 4.69) is 15.8 Å². The molecule has 21 heavy (non-hydrogen) atoms. The quantitative estimate of drug-likeness (QED) is 0.334. The van der Waals surface area contributed by atoms with Gasteiger partial charge in [-0.25, -0.2) is 4.79 Å². The van der Waals surface area contributed by atoms with Crippen molar-refractivity contribution in [1.82, 2.24) is 5.32 Å². The largest absolute Gasteiger partial charge is 0.462 e. The highest BCUT2D eigenvalue weighted by molar-refractivity contribution is 5.99. The molecule has 0 atom stereocenters. The van der Waals surface area contributed by atoms with Crippen molar-refractivity contribution in [2.45, 2.75) is 26.9 Å². The molecule has 0 spiro atoms. The van der Waals surface area contributed by atoms with Crippen molar-refractivity contribution in [3.63, 3.8) is 0 Å². The zero-order valence-corrected chi connectivity index (χ0v) is 12.2. The van der Waals surface area contributed by atoms with Crippen LogP contribution in [0.25, 0.3) is 0 Å². The maximum Gasteiger partial charge on any atom is 0.325 e. The average Bonchev–Trinajstić information content (AvgIpc) is 2.44. The molecule has 2 amide bonds. The van der Waals surface area contributed by atoms with E-state index in [1.807, 2.05) is 0 Å². The second-order valence-corrected chi connectivity index (χ2v) is 4.61. The summed E-state index contributed by atoms with van der Waals surface area (Å²) in [5, 5.41) is 16.7. The molecule has 0 fully saturated rings. The lowest BCUT2D eigenvalue weighted by Crippen LogP contribution is -2.34. The summed E-state index contributed by atoms with van der Waals surface area (Å²) in [4.78, 5) is 22.8. The van der Waals surface area contributed by atoms with Crippen LogP contribution in [0.15, 0.2) is 29.4 Å². The molecule has 7 nitrogen and oxygen atoms in total. The fraction of sp³-hybridized carbons (Fsp3) is 0.357. The standard InChI is InChI=1S/C14H19N3O4/c1-9(2)21-13(18)8-15-14(19)16-12-6-4-11(5-7-12)10(3)17-20/h4-7,9,20H,8H2,1-3H3,(H2,15,16,19). The molecule has 0 bridgehead atoms. The Morgan fingerprint density at radius 2 is 1.90 bits per heavy atom. The number of carbonyl (C=O) groups is 2. The minimum absolute atomic E-state index is 0.196. The molecule has 0 aliphatic heterocycles. The van der Waals surface area contributed by atoms with Crippen LogP contribution in [0.4, 0.5) is 10.5 Å². The molecule has 7 heteroatoms. The Kier molecular flexibility index (Phi) is 6.19. The van der Waals surface area contributed by atoms with Crippen LogP contribution < -0.4 is 10.6 Å². The lowest BCUT2D eigenvalue weighted by atomic mass is 10.1. The van der Waals surface area contributed by atoms with Gasteiger partial charge in [0, 0.05) is 5.69 Å². The number of anilines is 1. The van der Waals surface area contributed by atoms with Gasteiger partial charge < -0.3 is 20.6 Å². The first-order chi connectivity index (χ1) is 9.92. The molecular formula is C14H19N3O4. The lowest BCUT2D eigenvalue weighted by molar-refractivity contribution is -0.146. The van der Waals surface area contributed by atoms with E-state index in [0.717, 1.165) is 5.56 Å². The second-order valence-electron chi connectivity index (χ2n) is 4.61. The van der Waals surface area contributed by atoms with E-state index in [1.165, 1.54) is 0 Å². The van der Waals surface area contributed by atoms with Gasteiger partial charge in [0.1, 0.15) is 6.54 Å². The van der Waals surface area contributed by atoms with Crippen molar-refractivity contribution in [2.75, 3.05) is 11.9 Å². The van der Waals surface area contributed by atoms with E-state index < -0.39 is 12.0 Å². The Bertz CT molecular complexity index is 524. The summed E-state index contributed by atoms with van der Waals surface area (Å²) in [5.41, 5.74) is 1.77. The topological polar surface area (TPSA) is 100 Å². The molecule has 0 unspecified atom stereocenters. The summed E-state index contributed by atoms with van der Waals surface area (Å²) >= 11 is 0. The monoisotopic (exact) mass is 293 g/mol. The van der Waals surface area contributed by atoms with Gasteiger partial charge in [-0.3, -0.25) is 4.79 Å². The van der Waals surface area contributed by atoms with E-state index in [1.54, 1.807) is 45.0 Å². The molecule has 0 aliphatic carbocycles. The Morgan fingerprint density at radius 3 is 2.43 bits per heavy atom. The van der Waals surface area contributed by atoms with E-state index in [4.69, 9.17) is 9.94 Å². The Morgan fingerprint density at radius 1 is 1.29 bits per heavy atom. The van der Waals surface area contributed by atoms with Crippen molar-refractivity contribution < 1.29 is 19.5 Å². The third-order valence-corrected chi connectivity index (χ3v) is 2.47. The smallest absolute Gasteiger partial charge is 0.325 e. The van der Waals surface area contributed by atoms with Crippen LogP contribution in [0.1, 0.15) is 26.3 Å². The van der Waals surface area contributed by atoms with Crippen LogP contribution in [0.2, 0.25) is 0 Å². The van der Waals surface area contributed by atoms with Gasteiger partial charge in [0.25, 0.3) is 0 Å². The molecule has 114 valence electrons. The number of benzene rings is 1. The normalized spacial score (nSPS) is 11.1. The van der Waals surface area contributed by atoms with E-state index in [9.17, 15) is 9.59 Å². The lowest BCUT2D eigenvalue weighted by Gasteiger charge is -2.10. The van der Waals surface area contributed by atoms with Crippen molar-refractivity contribution in [3.8, 4) is 0 Å². The number of hydrogen-bond acceptors (Lipinski definition) is 5. The fourth-order valence-corrected chi connectivity index (χ4v) is 1.48. The Balaban J connectivity index is 2.46. The van der Waals surface area contributed by atoms with Gasteiger partial charge in [0.15, 0.2) is 0 Å². The summed E-state index contributed by atoms with van der Waals surface area (Å²) in [6, 6.07) is 6.23. The second kappa shape index (κ2) is 7.88. The van der Waals surface area contributed by atoms with Gasteiger partial charge in [-0.05, 0) is 38.5 Å². The molecule has 0 aliphatic rings. The van der Waals surface area contributed by atoms with Crippen molar-refractivity contribution >= 4 is 23.4 Å². The van der Waals surface area contributed by atoms with Crippen molar-refractivity contribution in [3.05, 3.63) is 29.8 Å². The van der Waals surface area contributed by atoms with E-state index >= 15 is 0 Å². The fourth-order valence-electron chi connectivity index (χ4n) is 1.48. The minimum atomic E-state index is -0.504. The Hall–Kier alpha value is -2.57. The van der Waals surface area contributed by atoms with Crippen LogP contribution in [0.5, 0.6) is 0 Å². The van der Waals surface area contributed by atoms with Crippen molar-refractivity contribution in [2.24, 2.45) is 5.16 Å². The first-order valence-electron chi connectivity index (χ1n) is 6.45. The number of rotatable bonds is 5. The highest BCUT2D eigenvalue weighted by atomic mass is 16.5. The number of hydrogen-bond donors (Lipinski definition) is 3. The molecule has 0 saturated carbocycles. The number of nitrogens with zero attached hydrogens (tertiary/aromatic N) is 1.